The van der Waals surface area contributed by atoms with Crippen LogP contribution >= 0.6 is 0 Å². The number of nitrogens with one attached hydrogen (secondary N) is 1. The van der Waals surface area contributed by atoms with E-state index in [1.807, 2.05) is 25.0 Å². The highest BCUT2D eigenvalue weighted by molar-refractivity contribution is 5.80. The number of likely N-dealkylation sites (tertiary alicyclic amines) is 1. The number of nitrogens with zero attached hydrogens (tertiary/aromatic N) is 5. The van der Waals surface area contributed by atoms with Gasteiger partial charge in [0.15, 0.2) is 5.96 Å². The molecule has 2 saturated heterocycles. The van der Waals surface area contributed by atoms with Crippen molar-refractivity contribution in [3.05, 3.63) is 47.8 Å². The van der Waals surface area contributed by atoms with Crippen LogP contribution < -0.4 is 10.2 Å². The van der Waals surface area contributed by atoms with Gasteiger partial charge in [-0.15, -0.1) is 0 Å². The van der Waals surface area contributed by atoms with E-state index < -0.39 is 0 Å². The van der Waals surface area contributed by atoms with Gasteiger partial charge in [0.2, 0.25) is 0 Å². The molecule has 7 heteroatoms. The molecule has 3 heterocycles. The zero-order chi connectivity index (χ0) is 19.3. The maximum atomic E-state index is 5.50. The summed E-state index contributed by atoms with van der Waals surface area (Å²) in [7, 11) is 3.84. The van der Waals surface area contributed by atoms with Gasteiger partial charge in [0.25, 0.3) is 0 Å². The monoisotopic (exact) mass is 382 g/mol. The Balaban J connectivity index is 1.39. The summed E-state index contributed by atoms with van der Waals surface area (Å²) in [6, 6.07) is 8.63. The number of benzene rings is 1. The zero-order valence-electron chi connectivity index (χ0n) is 16.8. The van der Waals surface area contributed by atoms with E-state index in [1.165, 1.54) is 16.8 Å². The maximum Gasteiger partial charge on any atom is 0.193 e. The first-order chi connectivity index (χ1) is 13.7. The van der Waals surface area contributed by atoms with E-state index in [9.17, 15) is 0 Å². The molecule has 1 unspecified atom stereocenters. The van der Waals surface area contributed by atoms with Crippen molar-refractivity contribution in [3.63, 3.8) is 0 Å². The number of aromatic nitrogens is 2. The van der Waals surface area contributed by atoms with Crippen molar-refractivity contribution >= 4 is 11.6 Å². The Labute approximate surface area is 167 Å². The van der Waals surface area contributed by atoms with Crippen molar-refractivity contribution in [3.8, 4) is 0 Å². The van der Waals surface area contributed by atoms with Crippen LogP contribution in [0.2, 0.25) is 0 Å². The normalized spacial score (nSPS) is 20.6. The number of aryl methyl sites for hydroxylation is 1. The van der Waals surface area contributed by atoms with Gasteiger partial charge in [-0.25, -0.2) is 0 Å². The molecule has 0 radical (unpaired) electrons. The molecule has 1 N–H and O–H groups in total. The second-order valence-electron chi connectivity index (χ2n) is 7.51. The number of anilines is 1. The Morgan fingerprint density at radius 3 is 2.82 bits per heavy atom. The molecule has 0 spiro atoms. The highest BCUT2D eigenvalue weighted by Crippen LogP contribution is 2.27. The lowest BCUT2D eigenvalue weighted by Gasteiger charge is -2.31. The van der Waals surface area contributed by atoms with E-state index in [0.29, 0.717) is 5.92 Å². The summed E-state index contributed by atoms with van der Waals surface area (Å²) in [5, 5.41) is 7.90. The third-order valence-electron chi connectivity index (χ3n) is 5.68. The third kappa shape index (κ3) is 4.14. The Bertz CT molecular complexity index is 811. The quantitative estimate of drug-likeness (QED) is 0.646. The van der Waals surface area contributed by atoms with E-state index in [2.05, 4.69) is 55.7 Å². The molecule has 0 saturated carbocycles. The number of morpholine rings is 1. The van der Waals surface area contributed by atoms with E-state index in [4.69, 9.17) is 4.74 Å². The maximum absolute atomic E-state index is 5.50. The number of hydrogen-bond donors (Lipinski definition) is 1. The van der Waals surface area contributed by atoms with Crippen LogP contribution in [0.25, 0.3) is 0 Å². The average Bonchev–Trinajstić information content (AvgIpc) is 3.39. The lowest BCUT2D eigenvalue weighted by molar-refractivity contribution is 0.122. The highest BCUT2D eigenvalue weighted by atomic mass is 16.5. The van der Waals surface area contributed by atoms with E-state index in [0.717, 1.165) is 58.3 Å². The van der Waals surface area contributed by atoms with Crippen molar-refractivity contribution in [2.75, 3.05) is 51.3 Å². The van der Waals surface area contributed by atoms with Crippen LogP contribution in [0.15, 0.2) is 41.7 Å². The zero-order valence-corrected chi connectivity index (χ0v) is 16.8. The van der Waals surface area contributed by atoms with Gasteiger partial charge < -0.3 is 19.9 Å². The van der Waals surface area contributed by atoms with Crippen molar-refractivity contribution in [1.29, 1.82) is 0 Å². The standard InChI is InChI=1S/C21H30N6O/c1-22-21(27-8-7-18(16-27)19-14-24-25(2)15-19)23-13-17-5-3-4-6-20(17)26-9-11-28-12-10-26/h3-6,14-15,18H,7-13,16H2,1-2H3,(H,22,23). The minimum atomic E-state index is 0.521. The van der Waals surface area contributed by atoms with Gasteiger partial charge in [-0.3, -0.25) is 9.67 Å². The van der Waals surface area contributed by atoms with Crippen molar-refractivity contribution in [1.82, 2.24) is 20.0 Å². The van der Waals surface area contributed by atoms with Gasteiger partial charge in [0.05, 0.1) is 19.4 Å². The van der Waals surface area contributed by atoms with E-state index in [-0.39, 0.29) is 0 Å². The van der Waals surface area contributed by atoms with Crippen LogP contribution in [0, 0.1) is 0 Å². The molecule has 2 aliphatic heterocycles. The fourth-order valence-electron chi connectivity index (χ4n) is 4.16. The minimum absolute atomic E-state index is 0.521. The molecule has 0 aliphatic carbocycles. The summed E-state index contributed by atoms with van der Waals surface area (Å²) in [6.45, 7) is 6.27. The molecule has 1 aromatic carbocycles. The first-order valence-electron chi connectivity index (χ1n) is 10.1. The first-order valence-corrected chi connectivity index (χ1v) is 10.1. The second-order valence-corrected chi connectivity index (χ2v) is 7.51. The van der Waals surface area contributed by atoms with Gasteiger partial charge >= 0.3 is 0 Å². The lowest BCUT2D eigenvalue weighted by Crippen LogP contribution is -2.40. The number of rotatable bonds is 4. The predicted octanol–water partition coefficient (Wildman–Crippen LogP) is 1.82. The molecule has 2 aliphatic rings. The average molecular weight is 383 g/mol. The Morgan fingerprint density at radius 2 is 2.07 bits per heavy atom. The number of hydrogen-bond acceptors (Lipinski definition) is 4. The first kappa shape index (κ1) is 18.8. The van der Waals surface area contributed by atoms with Crippen LogP contribution in [0.3, 0.4) is 0 Å². The SMILES string of the molecule is CN=C(NCc1ccccc1N1CCOCC1)N1CCC(c2cnn(C)c2)C1. The summed E-state index contributed by atoms with van der Waals surface area (Å²) < 4.78 is 7.39. The molecule has 4 rings (SSSR count). The molecule has 7 nitrogen and oxygen atoms in total. The molecular formula is C21H30N6O. The Morgan fingerprint density at radius 1 is 1.25 bits per heavy atom. The predicted molar refractivity (Wildman–Crippen MR) is 112 cm³/mol. The van der Waals surface area contributed by atoms with Gasteiger partial charge in [-0.05, 0) is 23.6 Å². The van der Waals surface area contributed by atoms with Gasteiger partial charge in [-0.2, -0.15) is 5.10 Å². The number of para-hydroxylation sites is 1. The molecule has 2 aromatic rings. The summed E-state index contributed by atoms with van der Waals surface area (Å²) in [6.07, 6.45) is 5.25. The van der Waals surface area contributed by atoms with Crippen LogP contribution in [0.4, 0.5) is 5.69 Å². The smallest absolute Gasteiger partial charge is 0.193 e. The van der Waals surface area contributed by atoms with Crippen molar-refractivity contribution in [2.45, 2.75) is 18.9 Å². The van der Waals surface area contributed by atoms with E-state index >= 15 is 0 Å². The molecule has 28 heavy (non-hydrogen) atoms. The summed E-state index contributed by atoms with van der Waals surface area (Å²) in [5.74, 6) is 1.50. The lowest BCUT2D eigenvalue weighted by atomic mass is 10.0. The largest absolute Gasteiger partial charge is 0.378 e. The molecule has 1 aromatic heterocycles. The summed E-state index contributed by atoms with van der Waals surface area (Å²) in [5.41, 5.74) is 3.91. The molecule has 0 bridgehead atoms. The number of ether oxygens (including phenoxy) is 1. The van der Waals surface area contributed by atoms with Gasteiger partial charge in [0.1, 0.15) is 0 Å². The third-order valence-corrected chi connectivity index (χ3v) is 5.68. The van der Waals surface area contributed by atoms with Crippen LogP contribution in [0.1, 0.15) is 23.5 Å². The van der Waals surface area contributed by atoms with Crippen LogP contribution in [-0.4, -0.2) is 67.1 Å². The topological polar surface area (TPSA) is 57.9 Å². The van der Waals surface area contributed by atoms with E-state index in [1.54, 1.807) is 0 Å². The van der Waals surface area contributed by atoms with Gasteiger partial charge in [0, 0.05) is 64.6 Å². The van der Waals surface area contributed by atoms with Crippen LogP contribution in [0.5, 0.6) is 0 Å². The minimum Gasteiger partial charge on any atom is -0.378 e. The molecule has 1 atom stereocenters. The highest BCUT2D eigenvalue weighted by Gasteiger charge is 2.27. The Kier molecular flexibility index (Phi) is 5.81. The fraction of sp³-hybridized carbons (Fsp3) is 0.524. The summed E-state index contributed by atoms with van der Waals surface area (Å²) in [4.78, 5) is 9.31. The second kappa shape index (κ2) is 8.65. The number of aliphatic imine (C=N–C) groups is 1. The van der Waals surface area contributed by atoms with Gasteiger partial charge in [-0.1, -0.05) is 18.2 Å². The summed E-state index contributed by atoms with van der Waals surface area (Å²) >= 11 is 0. The molecule has 2 fully saturated rings. The molecular weight excluding hydrogens is 352 g/mol. The van der Waals surface area contributed by atoms with Crippen LogP contribution in [-0.2, 0) is 18.3 Å². The number of guanidine groups is 1. The van der Waals surface area contributed by atoms with Crippen molar-refractivity contribution < 1.29 is 4.74 Å². The molecule has 150 valence electrons. The fourth-order valence-corrected chi connectivity index (χ4v) is 4.16. The Hall–Kier alpha value is -2.54. The van der Waals surface area contributed by atoms with Crippen molar-refractivity contribution in [2.24, 2.45) is 12.0 Å². The molecule has 0 amide bonds.